The maximum absolute atomic E-state index is 11.0. The first kappa shape index (κ1) is 14.3. The Morgan fingerprint density at radius 3 is 2.76 bits per heavy atom. The minimum Gasteiger partial charge on any atom is -0.468 e. The predicted octanol–water partition coefficient (Wildman–Crippen LogP) is 4.11. The summed E-state index contributed by atoms with van der Waals surface area (Å²) in [6.07, 6.45) is 4.03. The van der Waals surface area contributed by atoms with Gasteiger partial charge >= 0.3 is 0 Å². The molecule has 6 heteroatoms. The summed E-state index contributed by atoms with van der Waals surface area (Å²) >= 11 is 3.22. The standard InChI is InChI=1S/C15H15BrN2O3/c16-14-6-3-11(8-15(14)18(19)20)9-17(12-4-5-12)10-13-2-1-7-21-13/h1-3,6-8,12H,4-5,9-10H2. The van der Waals surface area contributed by atoms with Crippen LogP contribution in [-0.2, 0) is 13.1 Å². The summed E-state index contributed by atoms with van der Waals surface area (Å²) in [6.45, 7) is 1.43. The summed E-state index contributed by atoms with van der Waals surface area (Å²) in [5.41, 5.74) is 1.06. The van der Waals surface area contributed by atoms with Gasteiger partial charge in [-0.2, -0.15) is 0 Å². The van der Waals surface area contributed by atoms with Crippen molar-refractivity contribution in [2.45, 2.75) is 32.0 Å². The van der Waals surface area contributed by atoms with Crippen LogP contribution in [0.5, 0.6) is 0 Å². The molecule has 0 unspecified atom stereocenters. The number of furan rings is 1. The van der Waals surface area contributed by atoms with Crippen molar-refractivity contribution in [2.24, 2.45) is 0 Å². The summed E-state index contributed by atoms with van der Waals surface area (Å²) in [4.78, 5) is 13.0. The van der Waals surface area contributed by atoms with Gasteiger partial charge in [0.15, 0.2) is 0 Å². The zero-order valence-electron chi connectivity index (χ0n) is 11.4. The van der Waals surface area contributed by atoms with E-state index in [-0.39, 0.29) is 10.6 Å². The molecule has 1 aromatic carbocycles. The van der Waals surface area contributed by atoms with Crippen LogP contribution in [0.1, 0.15) is 24.2 Å². The first-order chi connectivity index (χ1) is 10.1. The third kappa shape index (κ3) is 3.51. The average molecular weight is 351 g/mol. The highest BCUT2D eigenvalue weighted by Crippen LogP contribution is 2.31. The van der Waals surface area contributed by atoms with Crippen molar-refractivity contribution in [1.82, 2.24) is 4.90 Å². The topological polar surface area (TPSA) is 59.5 Å². The second kappa shape index (κ2) is 5.99. The van der Waals surface area contributed by atoms with Crippen LogP contribution in [0.4, 0.5) is 5.69 Å². The van der Waals surface area contributed by atoms with Gasteiger partial charge in [-0.15, -0.1) is 0 Å². The molecule has 1 aliphatic carbocycles. The van der Waals surface area contributed by atoms with Gasteiger partial charge in [0.1, 0.15) is 5.76 Å². The van der Waals surface area contributed by atoms with E-state index in [9.17, 15) is 10.1 Å². The third-order valence-corrected chi connectivity index (χ3v) is 4.27. The van der Waals surface area contributed by atoms with E-state index in [2.05, 4.69) is 20.8 Å². The quantitative estimate of drug-likeness (QED) is 0.580. The fourth-order valence-electron chi connectivity index (χ4n) is 2.39. The number of nitrogens with zero attached hydrogens (tertiary/aromatic N) is 2. The van der Waals surface area contributed by atoms with E-state index in [0.29, 0.717) is 17.1 Å². The lowest BCUT2D eigenvalue weighted by molar-refractivity contribution is -0.385. The molecule has 0 N–H and O–H groups in total. The van der Waals surface area contributed by atoms with Crippen LogP contribution in [0.15, 0.2) is 45.5 Å². The van der Waals surface area contributed by atoms with Gasteiger partial charge in [-0.1, -0.05) is 6.07 Å². The van der Waals surface area contributed by atoms with Crippen LogP contribution in [0, 0.1) is 10.1 Å². The molecule has 0 atom stereocenters. The van der Waals surface area contributed by atoms with E-state index >= 15 is 0 Å². The molecule has 0 bridgehead atoms. The SMILES string of the molecule is O=[N+]([O-])c1cc(CN(Cc2ccco2)C2CC2)ccc1Br. The second-order valence-electron chi connectivity index (χ2n) is 5.26. The molecule has 0 saturated heterocycles. The van der Waals surface area contributed by atoms with E-state index in [4.69, 9.17) is 4.42 Å². The summed E-state index contributed by atoms with van der Waals surface area (Å²) in [7, 11) is 0. The molecule has 1 fully saturated rings. The Kier molecular flexibility index (Phi) is 4.07. The zero-order chi connectivity index (χ0) is 14.8. The molecule has 0 amide bonds. The number of rotatable bonds is 6. The van der Waals surface area contributed by atoms with E-state index in [0.717, 1.165) is 17.9 Å². The van der Waals surface area contributed by atoms with Gasteiger partial charge in [0, 0.05) is 18.7 Å². The fraction of sp³-hybridized carbons (Fsp3) is 0.333. The first-order valence-electron chi connectivity index (χ1n) is 6.83. The molecule has 110 valence electrons. The highest BCUT2D eigenvalue weighted by atomic mass is 79.9. The maximum atomic E-state index is 11.0. The summed E-state index contributed by atoms with van der Waals surface area (Å²) in [5.74, 6) is 0.925. The van der Waals surface area contributed by atoms with Crippen LogP contribution < -0.4 is 0 Å². The van der Waals surface area contributed by atoms with Crippen LogP contribution >= 0.6 is 15.9 Å². The van der Waals surface area contributed by atoms with Gasteiger partial charge < -0.3 is 4.42 Å². The van der Waals surface area contributed by atoms with Gasteiger partial charge in [0.05, 0.1) is 22.2 Å². The molecule has 2 aromatic rings. The third-order valence-electron chi connectivity index (χ3n) is 3.60. The average Bonchev–Trinajstić information content (AvgIpc) is 3.18. The van der Waals surface area contributed by atoms with Crippen LogP contribution in [0.25, 0.3) is 0 Å². The molecule has 1 aliphatic rings. The van der Waals surface area contributed by atoms with Crippen molar-refractivity contribution in [3.8, 4) is 0 Å². The number of nitro groups is 1. The number of benzene rings is 1. The number of hydrogen-bond acceptors (Lipinski definition) is 4. The van der Waals surface area contributed by atoms with Gasteiger partial charge in [-0.3, -0.25) is 15.0 Å². The van der Waals surface area contributed by atoms with Crippen molar-refractivity contribution in [3.05, 3.63) is 62.5 Å². The Balaban J connectivity index is 1.76. The highest BCUT2D eigenvalue weighted by Gasteiger charge is 2.29. The van der Waals surface area contributed by atoms with E-state index in [1.165, 1.54) is 12.8 Å². The van der Waals surface area contributed by atoms with E-state index < -0.39 is 0 Å². The van der Waals surface area contributed by atoms with Crippen molar-refractivity contribution in [1.29, 1.82) is 0 Å². The Labute approximate surface area is 130 Å². The monoisotopic (exact) mass is 350 g/mol. The first-order valence-corrected chi connectivity index (χ1v) is 7.62. The molecule has 0 aliphatic heterocycles. The minimum absolute atomic E-state index is 0.112. The second-order valence-corrected chi connectivity index (χ2v) is 6.11. The predicted molar refractivity (Wildman–Crippen MR) is 81.8 cm³/mol. The molecule has 0 radical (unpaired) electrons. The Hall–Kier alpha value is -1.66. The van der Waals surface area contributed by atoms with Gasteiger partial charge in [-0.05, 0) is 52.5 Å². The number of nitro benzene ring substituents is 1. The van der Waals surface area contributed by atoms with Crippen molar-refractivity contribution < 1.29 is 9.34 Å². The highest BCUT2D eigenvalue weighted by molar-refractivity contribution is 9.10. The lowest BCUT2D eigenvalue weighted by Gasteiger charge is -2.20. The van der Waals surface area contributed by atoms with Crippen molar-refractivity contribution >= 4 is 21.6 Å². The van der Waals surface area contributed by atoms with Gasteiger partial charge in [-0.25, -0.2) is 0 Å². The summed E-state index contributed by atoms with van der Waals surface area (Å²) < 4.78 is 5.92. The molecule has 1 heterocycles. The zero-order valence-corrected chi connectivity index (χ0v) is 13.0. The Morgan fingerprint density at radius 2 is 2.14 bits per heavy atom. The van der Waals surface area contributed by atoms with E-state index in [1.807, 2.05) is 18.2 Å². The molecule has 3 rings (SSSR count). The molecule has 1 aromatic heterocycles. The molecule has 5 nitrogen and oxygen atoms in total. The van der Waals surface area contributed by atoms with Crippen molar-refractivity contribution in [3.63, 3.8) is 0 Å². The van der Waals surface area contributed by atoms with E-state index in [1.54, 1.807) is 18.4 Å². The molecule has 0 spiro atoms. The summed E-state index contributed by atoms with van der Waals surface area (Å²) in [5, 5.41) is 11.0. The van der Waals surface area contributed by atoms with Gasteiger partial charge in [0.25, 0.3) is 5.69 Å². The fourth-order valence-corrected chi connectivity index (χ4v) is 2.78. The van der Waals surface area contributed by atoms with Crippen LogP contribution in [-0.4, -0.2) is 15.9 Å². The van der Waals surface area contributed by atoms with Crippen molar-refractivity contribution in [2.75, 3.05) is 0 Å². The molecule has 21 heavy (non-hydrogen) atoms. The van der Waals surface area contributed by atoms with Crippen LogP contribution in [0.2, 0.25) is 0 Å². The lowest BCUT2D eigenvalue weighted by atomic mass is 10.2. The molecule has 1 saturated carbocycles. The largest absolute Gasteiger partial charge is 0.468 e. The lowest BCUT2D eigenvalue weighted by Crippen LogP contribution is -2.24. The van der Waals surface area contributed by atoms with Crippen LogP contribution in [0.3, 0.4) is 0 Å². The minimum atomic E-state index is -0.360. The Bertz CT molecular complexity index is 638. The summed E-state index contributed by atoms with van der Waals surface area (Å²) in [6, 6.07) is 9.70. The molecular formula is C15H15BrN2O3. The molecular weight excluding hydrogens is 336 g/mol. The maximum Gasteiger partial charge on any atom is 0.283 e. The number of hydrogen-bond donors (Lipinski definition) is 0. The Morgan fingerprint density at radius 1 is 1.33 bits per heavy atom. The van der Waals surface area contributed by atoms with Gasteiger partial charge in [0.2, 0.25) is 0 Å². The smallest absolute Gasteiger partial charge is 0.283 e. The number of halogens is 1. The normalized spacial score (nSPS) is 14.6.